The first-order valence-corrected chi connectivity index (χ1v) is 12.2. The molecule has 0 saturated heterocycles. The Morgan fingerprint density at radius 1 is 1.00 bits per heavy atom. The molecule has 6 rings (SSSR count). The summed E-state index contributed by atoms with van der Waals surface area (Å²) in [4.78, 5) is 29.8. The lowest BCUT2D eigenvalue weighted by Crippen LogP contribution is -2.17. The van der Waals surface area contributed by atoms with Crippen molar-refractivity contribution in [2.75, 3.05) is 17.2 Å². The van der Waals surface area contributed by atoms with Crippen molar-refractivity contribution in [1.82, 2.24) is 35.5 Å². The Hall–Kier alpha value is -5.23. The first-order chi connectivity index (χ1) is 19.1. The van der Waals surface area contributed by atoms with Gasteiger partial charge in [-0.15, -0.1) is 10.2 Å². The second kappa shape index (κ2) is 10.3. The van der Waals surface area contributed by atoms with E-state index in [1.807, 2.05) is 43.3 Å². The number of aromatic nitrogens is 6. The lowest BCUT2D eigenvalue weighted by Gasteiger charge is -2.19. The minimum atomic E-state index is -0.468. The molecule has 4 N–H and O–H groups in total. The third-order valence-corrected chi connectivity index (χ3v) is 6.22. The predicted octanol–water partition coefficient (Wildman–Crippen LogP) is 3.68. The molecule has 0 spiro atoms. The average molecular weight is 522 g/mol. The molecule has 0 aliphatic carbocycles. The van der Waals surface area contributed by atoms with Gasteiger partial charge >= 0.3 is 0 Å². The van der Waals surface area contributed by atoms with E-state index in [4.69, 9.17) is 4.42 Å². The van der Waals surface area contributed by atoms with Gasteiger partial charge in [-0.05, 0) is 36.8 Å². The van der Waals surface area contributed by atoms with Crippen LogP contribution in [-0.2, 0) is 0 Å². The number of pyridine rings is 2. The Labute approximate surface area is 222 Å². The monoisotopic (exact) mass is 521 g/mol. The van der Waals surface area contributed by atoms with Crippen LogP contribution < -0.4 is 16.0 Å². The summed E-state index contributed by atoms with van der Waals surface area (Å²) in [6.07, 6.45) is 4.84. The van der Waals surface area contributed by atoms with E-state index in [1.165, 1.54) is 0 Å². The normalized spacial score (nSPS) is 14.9. The van der Waals surface area contributed by atoms with E-state index in [0.29, 0.717) is 39.9 Å². The summed E-state index contributed by atoms with van der Waals surface area (Å²) in [5.74, 6) is 1.44. The molecule has 39 heavy (non-hydrogen) atoms. The lowest BCUT2D eigenvalue weighted by molar-refractivity contribution is 0.0958. The molecular formula is C27H23N9O3. The summed E-state index contributed by atoms with van der Waals surface area (Å²) in [5.41, 5.74) is 3.18. The van der Waals surface area contributed by atoms with E-state index in [9.17, 15) is 9.90 Å². The first-order valence-electron chi connectivity index (χ1n) is 12.2. The number of nitrogens with zero attached hydrogens (tertiary/aromatic N) is 6. The van der Waals surface area contributed by atoms with E-state index in [1.54, 1.807) is 36.8 Å². The van der Waals surface area contributed by atoms with Crippen molar-refractivity contribution in [3.63, 3.8) is 0 Å². The molecular weight excluding hydrogens is 498 g/mol. The van der Waals surface area contributed by atoms with Crippen LogP contribution in [0.5, 0.6) is 0 Å². The number of carbonyl (C=O) groups is 1. The minimum Gasteiger partial charge on any atom is -0.416 e. The van der Waals surface area contributed by atoms with Crippen LogP contribution in [-0.4, -0.2) is 47.8 Å². The van der Waals surface area contributed by atoms with Gasteiger partial charge in [-0.2, -0.15) is 4.98 Å². The van der Waals surface area contributed by atoms with Gasteiger partial charge in [-0.25, -0.2) is 9.97 Å². The number of amides is 1. The van der Waals surface area contributed by atoms with Crippen molar-refractivity contribution in [3.8, 4) is 22.9 Å². The Kier molecular flexibility index (Phi) is 6.35. The molecule has 5 aromatic rings. The number of rotatable bonds is 8. The molecule has 0 radical (unpaired) electrons. The molecule has 1 aromatic carbocycles. The summed E-state index contributed by atoms with van der Waals surface area (Å²) in [6.45, 7) is 1.68. The van der Waals surface area contributed by atoms with Gasteiger partial charge in [-0.3, -0.25) is 9.78 Å². The van der Waals surface area contributed by atoms with Crippen molar-refractivity contribution in [2.24, 2.45) is 0 Å². The molecule has 0 fully saturated rings. The number of carbonyl (C=O) groups excluding carboxylic acids is 1. The standard InChI is InChI=1S/C27H23N9O3/c1-15-22-18(24(38)30-15)9-10-21(32-22)33-27-29-13-19(26-36-35-25(39-26)17-8-5-11-28-12-17)23(34-27)31-20(14-37)16-6-3-2-4-7-16/h2-13,15,20,37H,14H2,1H3,(H,30,38)(H2,29,31,32,33,34)/t15?,20-/m1/s1. The number of nitrogens with one attached hydrogen (secondary N) is 3. The van der Waals surface area contributed by atoms with Gasteiger partial charge in [0.25, 0.3) is 11.8 Å². The maximum absolute atomic E-state index is 12.1. The van der Waals surface area contributed by atoms with E-state index >= 15 is 0 Å². The number of aliphatic hydroxyl groups is 1. The highest BCUT2D eigenvalue weighted by Gasteiger charge is 2.27. The number of benzene rings is 1. The van der Waals surface area contributed by atoms with E-state index < -0.39 is 6.04 Å². The summed E-state index contributed by atoms with van der Waals surface area (Å²) in [6, 6.07) is 15.9. The highest BCUT2D eigenvalue weighted by molar-refractivity contribution is 5.98. The molecule has 1 amide bonds. The molecule has 12 nitrogen and oxygen atoms in total. The highest BCUT2D eigenvalue weighted by Crippen LogP contribution is 2.32. The minimum absolute atomic E-state index is 0.148. The Morgan fingerprint density at radius 3 is 2.64 bits per heavy atom. The number of aliphatic hydroxyl groups excluding tert-OH is 1. The highest BCUT2D eigenvalue weighted by atomic mass is 16.4. The Morgan fingerprint density at radius 2 is 1.85 bits per heavy atom. The summed E-state index contributed by atoms with van der Waals surface area (Å²) in [7, 11) is 0. The Balaban J connectivity index is 1.36. The second-order valence-corrected chi connectivity index (χ2v) is 8.85. The molecule has 12 heteroatoms. The maximum Gasteiger partial charge on any atom is 0.253 e. The summed E-state index contributed by atoms with van der Waals surface area (Å²) < 4.78 is 5.93. The van der Waals surface area contributed by atoms with Gasteiger partial charge in [0.1, 0.15) is 11.6 Å². The molecule has 5 heterocycles. The van der Waals surface area contributed by atoms with Crippen molar-refractivity contribution in [3.05, 3.63) is 90.0 Å². The van der Waals surface area contributed by atoms with Crippen LogP contribution in [0.15, 0.2) is 77.6 Å². The van der Waals surface area contributed by atoms with E-state index in [-0.39, 0.29) is 30.4 Å². The second-order valence-electron chi connectivity index (χ2n) is 8.85. The van der Waals surface area contributed by atoms with Crippen molar-refractivity contribution >= 4 is 23.5 Å². The number of fused-ring (bicyclic) bond motifs is 1. The van der Waals surface area contributed by atoms with Gasteiger partial charge in [0, 0.05) is 18.6 Å². The summed E-state index contributed by atoms with van der Waals surface area (Å²) in [5, 5.41) is 27.8. The van der Waals surface area contributed by atoms with Crippen molar-refractivity contribution < 1.29 is 14.3 Å². The fraction of sp³-hybridized carbons (Fsp3) is 0.148. The molecule has 0 saturated carbocycles. The topological polar surface area (TPSA) is 164 Å². The number of hydrogen-bond acceptors (Lipinski definition) is 11. The van der Waals surface area contributed by atoms with Crippen LogP contribution in [0.4, 0.5) is 17.6 Å². The fourth-order valence-electron chi connectivity index (χ4n) is 4.26. The smallest absolute Gasteiger partial charge is 0.253 e. The maximum atomic E-state index is 12.1. The fourth-order valence-corrected chi connectivity index (χ4v) is 4.26. The van der Waals surface area contributed by atoms with Crippen molar-refractivity contribution in [2.45, 2.75) is 19.0 Å². The molecule has 4 aromatic heterocycles. The number of anilines is 3. The van der Waals surface area contributed by atoms with E-state index in [2.05, 4.69) is 46.1 Å². The van der Waals surface area contributed by atoms with Crippen LogP contribution in [0.1, 0.15) is 40.6 Å². The zero-order valence-electron chi connectivity index (χ0n) is 20.7. The van der Waals surface area contributed by atoms with Crippen LogP contribution in [0.3, 0.4) is 0 Å². The SMILES string of the molecule is CC1NC(=O)c2ccc(Nc3ncc(-c4nnc(-c5cccnc5)o4)c(N[C@H](CO)c4ccccc4)n3)nc21. The van der Waals surface area contributed by atoms with Crippen LogP contribution >= 0.6 is 0 Å². The van der Waals surface area contributed by atoms with Gasteiger partial charge < -0.3 is 25.5 Å². The van der Waals surface area contributed by atoms with Gasteiger partial charge in [-0.1, -0.05) is 30.3 Å². The van der Waals surface area contributed by atoms with Gasteiger partial charge in [0.15, 0.2) is 0 Å². The quantitative estimate of drug-likeness (QED) is 0.235. The molecule has 0 bridgehead atoms. The Bertz CT molecular complexity index is 1630. The third-order valence-electron chi connectivity index (χ3n) is 6.22. The summed E-state index contributed by atoms with van der Waals surface area (Å²) >= 11 is 0. The van der Waals surface area contributed by atoms with Gasteiger partial charge in [0.2, 0.25) is 11.8 Å². The zero-order chi connectivity index (χ0) is 26.8. The van der Waals surface area contributed by atoms with Crippen LogP contribution in [0.25, 0.3) is 22.9 Å². The largest absolute Gasteiger partial charge is 0.416 e. The third kappa shape index (κ3) is 4.88. The van der Waals surface area contributed by atoms with Crippen molar-refractivity contribution in [1.29, 1.82) is 0 Å². The molecule has 1 aliphatic heterocycles. The van der Waals surface area contributed by atoms with E-state index in [0.717, 1.165) is 5.56 Å². The van der Waals surface area contributed by atoms with Crippen LogP contribution in [0, 0.1) is 0 Å². The predicted molar refractivity (Wildman–Crippen MR) is 142 cm³/mol. The molecule has 2 atom stereocenters. The molecule has 1 aliphatic rings. The zero-order valence-corrected chi connectivity index (χ0v) is 20.7. The lowest BCUT2D eigenvalue weighted by atomic mass is 10.1. The first kappa shape index (κ1) is 24.1. The average Bonchev–Trinajstić information content (AvgIpc) is 3.57. The number of hydrogen-bond donors (Lipinski definition) is 4. The molecule has 194 valence electrons. The van der Waals surface area contributed by atoms with Gasteiger partial charge in [0.05, 0.1) is 41.1 Å². The van der Waals surface area contributed by atoms with Crippen LogP contribution in [0.2, 0.25) is 0 Å². The molecule has 1 unspecified atom stereocenters.